The first-order chi connectivity index (χ1) is 9.19. The zero-order chi connectivity index (χ0) is 15.3. The second-order valence-corrected chi connectivity index (χ2v) is 5.93. The molecule has 0 unspecified atom stereocenters. The van der Waals surface area contributed by atoms with E-state index in [9.17, 15) is 4.79 Å². The van der Waals surface area contributed by atoms with E-state index in [0.29, 0.717) is 0 Å². The molecule has 108 valence electrons. The lowest BCUT2D eigenvalue weighted by Crippen LogP contribution is -2.32. The highest BCUT2D eigenvalue weighted by atomic mass is 16.6. The lowest BCUT2D eigenvalue weighted by Gasteiger charge is -2.19. The first kappa shape index (κ1) is 16.1. The monoisotopic (exact) mass is 273 g/mol. The molecule has 20 heavy (non-hydrogen) atoms. The van der Waals surface area contributed by atoms with Gasteiger partial charge < -0.3 is 10.1 Å². The molecule has 0 spiro atoms. The summed E-state index contributed by atoms with van der Waals surface area (Å²) in [5, 5.41) is 2.62. The van der Waals surface area contributed by atoms with Crippen LogP contribution in [0.1, 0.15) is 43.0 Å². The standard InChI is InChI=1S/C17H23NO2/c1-12-10-13(2)15(14(3)11-12)8-7-9-18-16(19)20-17(4,5)6/h10-11H,9H2,1-6H3,(H,18,19). The largest absolute Gasteiger partial charge is 0.444 e. The van der Waals surface area contributed by atoms with E-state index in [1.807, 2.05) is 34.6 Å². The van der Waals surface area contributed by atoms with Gasteiger partial charge in [0.1, 0.15) is 5.60 Å². The Kier molecular flexibility index (Phi) is 5.21. The number of alkyl carbamates (subject to hydrolysis) is 1. The quantitative estimate of drug-likeness (QED) is 0.795. The number of amides is 1. The highest BCUT2D eigenvalue weighted by Crippen LogP contribution is 2.14. The minimum atomic E-state index is -0.484. The van der Waals surface area contributed by atoms with Crippen molar-refractivity contribution in [2.45, 2.75) is 47.1 Å². The molecule has 0 aliphatic carbocycles. The van der Waals surface area contributed by atoms with Gasteiger partial charge in [-0.25, -0.2) is 4.79 Å². The van der Waals surface area contributed by atoms with Crippen LogP contribution in [0.25, 0.3) is 0 Å². The second-order valence-electron chi connectivity index (χ2n) is 5.93. The van der Waals surface area contributed by atoms with E-state index in [4.69, 9.17) is 4.74 Å². The van der Waals surface area contributed by atoms with Crippen molar-refractivity contribution in [3.05, 3.63) is 34.4 Å². The predicted molar refractivity (Wildman–Crippen MR) is 81.8 cm³/mol. The third-order valence-corrected chi connectivity index (χ3v) is 2.61. The SMILES string of the molecule is Cc1cc(C)c(C#CCNC(=O)OC(C)(C)C)c(C)c1. The zero-order valence-corrected chi connectivity index (χ0v) is 13.2. The summed E-state index contributed by atoms with van der Waals surface area (Å²) in [5.74, 6) is 6.06. The van der Waals surface area contributed by atoms with Crippen molar-refractivity contribution in [3.8, 4) is 11.8 Å². The van der Waals surface area contributed by atoms with Crippen LogP contribution in [0.15, 0.2) is 12.1 Å². The Morgan fingerprint density at radius 3 is 2.25 bits per heavy atom. The molecule has 1 rings (SSSR count). The topological polar surface area (TPSA) is 38.3 Å². The van der Waals surface area contributed by atoms with E-state index < -0.39 is 11.7 Å². The van der Waals surface area contributed by atoms with Crippen LogP contribution in [-0.2, 0) is 4.74 Å². The third-order valence-electron chi connectivity index (χ3n) is 2.61. The van der Waals surface area contributed by atoms with Crippen molar-refractivity contribution in [1.82, 2.24) is 5.32 Å². The van der Waals surface area contributed by atoms with Gasteiger partial charge in [0, 0.05) is 5.56 Å². The first-order valence-corrected chi connectivity index (χ1v) is 6.72. The summed E-state index contributed by atoms with van der Waals surface area (Å²) in [4.78, 5) is 11.4. The average molecular weight is 273 g/mol. The van der Waals surface area contributed by atoms with Crippen molar-refractivity contribution < 1.29 is 9.53 Å². The van der Waals surface area contributed by atoms with Gasteiger partial charge in [-0.2, -0.15) is 0 Å². The van der Waals surface area contributed by atoms with Crippen LogP contribution in [0.4, 0.5) is 4.79 Å². The van der Waals surface area contributed by atoms with E-state index in [1.165, 1.54) is 5.56 Å². The minimum absolute atomic E-state index is 0.279. The zero-order valence-electron chi connectivity index (χ0n) is 13.2. The van der Waals surface area contributed by atoms with Crippen molar-refractivity contribution >= 4 is 6.09 Å². The van der Waals surface area contributed by atoms with E-state index in [1.54, 1.807) is 0 Å². The van der Waals surface area contributed by atoms with Crippen LogP contribution in [0.3, 0.4) is 0 Å². The Labute approximate surface area is 121 Å². The molecule has 1 aromatic rings. The van der Waals surface area contributed by atoms with Crippen LogP contribution in [0.2, 0.25) is 0 Å². The molecule has 0 radical (unpaired) electrons. The Morgan fingerprint density at radius 2 is 1.75 bits per heavy atom. The van der Waals surface area contributed by atoms with Gasteiger partial charge in [-0.3, -0.25) is 0 Å². The number of hydrogen-bond acceptors (Lipinski definition) is 2. The number of benzene rings is 1. The molecule has 0 aliphatic heterocycles. The molecule has 0 saturated heterocycles. The van der Waals surface area contributed by atoms with Crippen LogP contribution in [0, 0.1) is 32.6 Å². The fourth-order valence-corrected chi connectivity index (χ4v) is 1.94. The summed E-state index contributed by atoms with van der Waals surface area (Å²) in [6, 6.07) is 4.22. The summed E-state index contributed by atoms with van der Waals surface area (Å²) in [5.41, 5.74) is 4.10. The number of ether oxygens (including phenoxy) is 1. The van der Waals surface area contributed by atoms with Crippen molar-refractivity contribution in [2.24, 2.45) is 0 Å². The Hall–Kier alpha value is -1.95. The van der Waals surface area contributed by atoms with Gasteiger partial charge in [-0.15, -0.1) is 0 Å². The average Bonchev–Trinajstić information content (AvgIpc) is 2.23. The van der Waals surface area contributed by atoms with Crippen molar-refractivity contribution in [1.29, 1.82) is 0 Å². The van der Waals surface area contributed by atoms with Gasteiger partial charge in [0.05, 0.1) is 6.54 Å². The number of rotatable bonds is 1. The molecule has 0 atom stereocenters. The Bertz CT molecular complexity index is 534. The number of hydrogen-bond donors (Lipinski definition) is 1. The molecule has 1 aromatic carbocycles. The number of carbonyl (C=O) groups excluding carboxylic acids is 1. The maximum atomic E-state index is 11.4. The smallest absolute Gasteiger partial charge is 0.408 e. The van der Waals surface area contributed by atoms with Gasteiger partial charge in [0.25, 0.3) is 0 Å². The van der Waals surface area contributed by atoms with Crippen LogP contribution in [-0.4, -0.2) is 18.2 Å². The highest BCUT2D eigenvalue weighted by Gasteiger charge is 2.15. The fraction of sp³-hybridized carbons (Fsp3) is 0.471. The highest BCUT2D eigenvalue weighted by molar-refractivity contribution is 5.68. The molecule has 0 heterocycles. The molecule has 0 bridgehead atoms. The summed E-state index contributed by atoms with van der Waals surface area (Å²) >= 11 is 0. The fourth-order valence-electron chi connectivity index (χ4n) is 1.94. The molecule has 1 N–H and O–H groups in total. The third kappa shape index (κ3) is 5.36. The second kappa shape index (κ2) is 6.47. The number of carbonyl (C=O) groups is 1. The number of nitrogens with one attached hydrogen (secondary N) is 1. The molecule has 3 nitrogen and oxygen atoms in total. The van der Waals surface area contributed by atoms with Gasteiger partial charge in [0.2, 0.25) is 0 Å². The Balaban J connectivity index is 2.62. The van der Waals surface area contributed by atoms with Crippen molar-refractivity contribution in [3.63, 3.8) is 0 Å². The normalized spacial score (nSPS) is 10.5. The van der Waals surface area contributed by atoms with E-state index in [-0.39, 0.29) is 6.54 Å². The van der Waals surface area contributed by atoms with E-state index >= 15 is 0 Å². The molecular formula is C17H23NO2. The molecule has 0 fully saturated rings. The predicted octanol–water partition coefficient (Wildman–Crippen LogP) is 3.49. The van der Waals surface area contributed by atoms with Gasteiger partial charge in [0.15, 0.2) is 0 Å². The van der Waals surface area contributed by atoms with Crippen LogP contribution >= 0.6 is 0 Å². The summed E-state index contributed by atoms with van der Waals surface area (Å²) < 4.78 is 5.14. The maximum absolute atomic E-state index is 11.4. The van der Waals surface area contributed by atoms with Crippen LogP contribution < -0.4 is 5.32 Å². The van der Waals surface area contributed by atoms with E-state index in [0.717, 1.165) is 16.7 Å². The van der Waals surface area contributed by atoms with Crippen molar-refractivity contribution in [2.75, 3.05) is 6.54 Å². The lowest BCUT2D eigenvalue weighted by molar-refractivity contribution is 0.0535. The molecule has 0 saturated carbocycles. The van der Waals surface area contributed by atoms with E-state index in [2.05, 4.69) is 36.2 Å². The summed E-state index contributed by atoms with van der Waals surface area (Å²) in [7, 11) is 0. The molecular weight excluding hydrogens is 250 g/mol. The maximum Gasteiger partial charge on any atom is 0.408 e. The van der Waals surface area contributed by atoms with Gasteiger partial charge in [-0.05, 0) is 52.7 Å². The lowest BCUT2D eigenvalue weighted by atomic mass is 10.0. The summed E-state index contributed by atoms with van der Waals surface area (Å²) in [6.45, 7) is 11.9. The summed E-state index contributed by atoms with van der Waals surface area (Å²) in [6.07, 6.45) is -0.441. The first-order valence-electron chi connectivity index (χ1n) is 6.72. The molecule has 0 aliphatic rings. The van der Waals surface area contributed by atoms with Gasteiger partial charge >= 0.3 is 6.09 Å². The number of aryl methyl sites for hydroxylation is 3. The van der Waals surface area contributed by atoms with Crippen LogP contribution in [0.5, 0.6) is 0 Å². The Morgan fingerprint density at radius 1 is 1.20 bits per heavy atom. The molecule has 3 heteroatoms. The molecule has 0 aromatic heterocycles. The van der Waals surface area contributed by atoms with Gasteiger partial charge in [-0.1, -0.05) is 29.5 Å². The minimum Gasteiger partial charge on any atom is -0.444 e. The molecule has 1 amide bonds.